The van der Waals surface area contributed by atoms with Gasteiger partial charge in [0, 0.05) is 18.4 Å². The highest BCUT2D eigenvalue weighted by atomic mass is 35.5. The summed E-state index contributed by atoms with van der Waals surface area (Å²) in [5.41, 5.74) is 2.48. The van der Waals surface area contributed by atoms with Crippen LogP contribution in [0, 0.1) is 6.92 Å². The van der Waals surface area contributed by atoms with Gasteiger partial charge >= 0.3 is 0 Å². The Bertz CT molecular complexity index is 542. The van der Waals surface area contributed by atoms with E-state index in [0.717, 1.165) is 24.5 Å². The third kappa shape index (κ3) is 3.03. The Labute approximate surface area is 111 Å². The lowest BCUT2D eigenvalue weighted by Gasteiger charge is -2.07. The van der Waals surface area contributed by atoms with E-state index < -0.39 is 0 Å². The van der Waals surface area contributed by atoms with Gasteiger partial charge in [-0.1, -0.05) is 18.5 Å². The SMILES string of the molecule is CCNCc1cc(C)nc(-c2ncccc2Cl)n1. The van der Waals surface area contributed by atoms with Gasteiger partial charge in [-0.05, 0) is 31.7 Å². The fourth-order valence-corrected chi connectivity index (χ4v) is 1.84. The molecular formula is C13H15ClN4. The molecule has 0 fully saturated rings. The summed E-state index contributed by atoms with van der Waals surface area (Å²) in [5.74, 6) is 0.577. The molecule has 2 heterocycles. The second-order valence-electron chi connectivity index (χ2n) is 3.94. The Morgan fingerprint density at radius 3 is 2.89 bits per heavy atom. The Morgan fingerprint density at radius 1 is 1.33 bits per heavy atom. The summed E-state index contributed by atoms with van der Waals surface area (Å²) in [7, 11) is 0. The first-order chi connectivity index (χ1) is 8.70. The molecule has 0 aliphatic rings. The molecular weight excluding hydrogens is 248 g/mol. The Kier molecular flexibility index (Phi) is 4.23. The minimum absolute atomic E-state index is 0.567. The standard InChI is InChI=1S/C13H15ClN4/c1-3-15-8-10-7-9(2)17-13(18-10)12-11(14)5-4-6-16-12/h4-7,15H,3,8H2,1-2H3. The summed E-state index contributed by atoms with van der Waals surface area (Å²) in [6, 6.07) is 5.55. The van der Waals surface area contributed by atoms with Crippen LogP contribution >= 0.6 is 11.6 Å². The molecule has 18 heavy (non-hydrogen) atoms. The maximum absolute atomic E-state index is 6.11. The Balaban J connectivity index is 2.39. The third-order valence-corrected chi connectivity index (χ3v) is 2.74. The van der Waals surface area contributed by atoms with Crippen molar-refractivity contribution in [1.29, 1.82) is 0 Å². The number of nitrogens with zero attached hydrogens (tertiary/aromatic N) is 3. The number of rotatable bonds is 4. The minimum atomic E-state index is 0.567. The van der Waals surface area contributed by atoms with Crippen molar-refractivity contribution < 1.29 is 0 Å². The number of nitrogens with one attached hydrogen (secondary N) is 1. The largest absolute Gasteiger partial charge is 0.311 e. The highest BCUT2D eigenvalue weighted by Crippen LogP contribution is 2.22. The predicted molar refractivity (Wildman–Crippen MR) is 72.4 cm³/mol. The van der Waals surface area contributed by atoms with Gasteiger partial charge in [0.1, 0.15) is 5.69 Å². The molecule has 0 aliphatic carbocycles. The molecule has 2 aromatic heterocycles. The van der Waals surface area contributed by atoms with Crippen LogP contribution < -0.4 is 5.32 Å². The van der Waals surface area contributed by atoms with Crippen LogP contribution in [0.1, 0.15) is 18.3 Å². The summed E-state index contributed by atoms with van der Waals surface area (Å²) in [6.07, 6.45) is 1.69. The van der Waals surface area contributed by atoms with Gasteiger partial charge in [-0.3, -0.25) is 4.98 Å². The van der Waals surface area contributed by atoms with Crippen LogP contribution in [0.25, 0.3) is 11.5 Å². The van der Waals surface area contributed by atoms with Crippen LogP contribution in [0.5, 0.6) is 0 Å². The molecule has 2 rings (SSSR count). The van der Waals surface area contributed by atoms with Gasteiger partial charge in [-0.2, -0.15) is 0 Å². The average molecular weight is 263 g/mol. The average Bonchev–Trinajstić information content (AvgIpc) is 2.36. The van der Waals surface area contributed by atoms with Crippen LogP contribution in [0.15, 0.2) is 24.4 Å². The molecule has 2 aromatic rings. The summed E-state index contributed by atoms with van der Waals surface area (Å²) in [4.78, 5) is 13.1. The van der Waals surface area contributed by atoms with Crippen molar-refractivity contribution in [2.75, 3.05) is 6.54 Å². The molecule has 94 valence electrons. The van der Waals surface area contributed by atoms with Crippen LogP contribution in [0.2, 0.25) is 5.02 Å². The quantitative estimate of drug-likeness (QED) is 0.920. The molecule has 0 aliphatic heterocycles. The van der Waals surface area contributed by atoms with Crippen molar-refractivity contribution in [2.24, 2.45) is 0 Å². The van der Waals surface area contributed by atoms with Gasteiger partial charge in [0.15, 0.2) is 5.82 Å². The maximum Gasteiger partial charge on any atom is 0.180 e. The smallest absolute Gasteiger partial charge is 0.180 e. The number of aryl methyl sites for hydroxylation is 1. The lowest BCUT2D eigenvalue weighted by molar-refractivity contribution is 0.707. The van der Waals surface area contributed by atoms with Crippen LogP contribution in [0.3, 0.4) is 0 Å². The van der Waals surface area contributed by atoms with E-state index in [-0.39, 0.29) is 0 Å². The van der Waals surface area contributed by atoms with Crippen LogP contribution in [-0.4, -0.2) is 21.5 Å². The van der Waals surface area contributed by atoms with E-state index in [4.69, 9.17) is 11.6 Å². The van der Waals surface area contributed by atoms with Crippen molar-refractivity contribution in [2.45, 2.75) is 20.4 Å². The normalized spacial score (nSPS) is 10.6. The van der Waals surface area contributed by atoms with Gasteiger partial charge in [-0.15, -0.1) is 0 Å². The highest BCUT2D eigenvalue weighted by molar-refractivity contribution is 6.32. The van der Waals surface area contributed by atoms with Gasteiger partial charge in [0.25, 0.3) is 0 Å². The van der Waals surface area contributed by atoms with Gasteiger partial charge in [0.05, 0.1) is 10.7 Å². The van der Waals surface area contributed by atoms with Crippen molar-refractivity contribution in [1.82, 2.24) is 20.3 Å². The first kappa shape index (κ1) is 12.9. The molecule has 1 N–H and O–H groups in total. The van der Waals surface area contributed by atoms with E-state index in [1.54, 1.807) is 18.3 Å². The summed E-state index contributed by atoms with van der Waals surface area (Å²) in [6.45, 7) is 5.63. The van der Waals surface area contributed by atoms with Crippen molar-refractivity contribution >= 4 is 11.6 Å². The van der Waals surface area contributed by atoms with Crippen molar-refractivity contribution in [3.8, 4) is 11.5 Å². The lowest BCUT2D eigenvalue weighted by atomic mass is 10.3. The fourth-order valence-electron chi connectivity index (χ4n) is 1.63. The molecule has 0 atom stereocenters. The topological polar surface area (TPSA) is 50.7 Å². The molecule has 0 saturated heterocycles. The number of hydrogen-bond acceptors (Lipinski definition) is 4. The monoisotopic (exact) mass is 262 g/mol. The second-order valence-corrected chi connectivity index (χ2v) is 4.35. The zero-order valence-corrected chi connectivity index (χ0v) is 11.2. The number of hydrogen-bond donors (Lipinski definition) is 1. The molecule has 0 unspecified atom stereocenters. The van der Waals surface area contributed by atoms with E-state index in [1.165, 1.54) is 0 Å². The molecule has 5 heteroatoms. The number of halogens is 1. The zero-order chi connectivity index (χ0) is 13.0. The number of aromatic nitrogens is 3. The summed E-state index contributed by atoms with van der Waals surface area (Å²) in [5, 5.41) is 3.81. The molecule has 0 bridgehead atoms. The van der Waals surface area contributed by atoms with E-state index in [2.05, 4.69) is 27.2 Å². The minimum Gasteiger partial charge on any atom is -0.311 e. The van der Waals surface area contributed by atoms with Gasteiger partial charge < -0.3 is 5.32 Å². The molecule has 0 amide bonds. The van der Waals surface area contributed by atoms with Crippen LogP contribution in [-0.2, 0) is 6.54 Å². The first-order valence-corrected chi connectivity index (χ1v) is 6.24. The molecule has 4 nitrogen and oxygen atoms in total. The van der Waals surface area contributed by atoms with E-state index in [9.17, 15) is 0 Å². The molecule has 0 aromatic carbocycles. The Morgan fingerprint density at radius 2 is 2.17 bits per heavy atom. The first-order valence-electron chi connectivity index (χ1n) is 5.87. The van der Waals surface area contributed by atoms with Crippen molar-refractivity contribution in [3.05, 3.63) is 40.8 Å². The maximum atomic E-state index is 6.11. The third-order valence-electron chi connectivity index (χ3n) is 2.43. The van der Waals surface area contributed by atoms with E-state index in [0.29, 0.717) is 16.5 Å². The second kappa shape index (κ2) is 5.89. The Hall–Kier alpha value is -1.52. The number of pyridine rings is 1. The lowest BCUT2D eigenvalue weighted by Crippen LogP contribution is -2.14. The van der Waals surface area contributed by atoms with E-state index in [1.807, 2.05) is 13.0 Å². The van der Waals surface area contributed by atoms with Gasteiger partial charge in [0.2, 0.25) is 0 Å². The summed E-state index contributed by atoms with van der Waals surface area (Å²) < 4.78 is 0. The van der Waals surface area contributed by atoms with Crippen molar-refractivity contribution in [3.63, 3.8) is 0 Å². The summed E-state index contributed by atoms with van der Waals surface area (Å²) >= 11 is 6.11. The predicted octanol–water partition coefficient (Wildman–Crippen LogP) is 2.61. The molecule has 0 spiro atoms. The highest BCUT2D eigenvalue weighted by Gasteiger charge is 2.09. The van der Waals surface area contributed by atoms with Crippen LogP contribution in [0.4, 0.5) is 0 Å². The molecule has 0 saturated carbocycles. The zero-order valence-electron chi connectivity index (χ0n) is 10.4. The van der Waals surface area contributed by atoms with E-state index >= 15 is 0 Å². The molecule has 0 radical (unpaired) electrons. The van der Waals surface area contributed by atoms with Gasteiger partial charge in [-0.25, -0.2) is 9.97 Å². The fraction of sp³-hybridized carbons (Fsp3) is 0.308.